The molecule has 3 aromatic rings. The molecule has 172 valence electrons. The highest BCUT2D eigenvalue weighted by Gasteiger charge is 2.34. The molecule has 0 aliphatic carbocycles. The van der Waals surface area contributed by atoms with Gasteiger partial charge in [0.2, 0.25) is 0 Å². The molecule has 0 saturated heterocycles. The fourth-order valence-electron chi connectivity index (χ4n) is 3.46. The van der Waals surface area contributed by atoms with Gasteiger partial charge in [0.05, 0.1) is 5.56 Å². The van der Waals surface area contributed by atoms with Gasteiger partial charge in [-0.25, -0.2) is 8.78 Å². The first kappa shape index (κ1) is 24.3. The molecule has 0 radical (unpaired) electrons. The van der Waals surface area contributed by atoms with Crippen LogP contribution in [0, 0.1) is 11.6 Å². The van der Waals surface area contributed by atoms with Gasteiger partial charge in [-0.1, -0.05) is 42.5 Å². The lowest BCUT2D eigenvalue weighted by atomic mass is 10.0. The van der Waals surface area contributed by atoms with E-state index in [1.54, 1.807) is 30.3 Å². The van der Waals surface area contributed by atoms with E-state index in [0.29, 0.717) is 24.0 Å². The molecular formula is C28H26F4O. The van der Waals surface area contributed by atoms with Crippen LogP contribution in [0.1, 0.15) is 36.5 Å². The molecule has 33 heavy (non-hydrogen) atoms. The number of rotatable bonds is 10. The van der Waals surface area contributed by atoms with Crippen molar-refractivity contribution in [1.82, 2.24) is 0 Å². The normalized spacial score (nSPS) is 11.7. The molecule has 0 aliphatic heterocycles. The summed E-state index contributed by atoms with van der Waals surface area (Å²) in [5.41, 5.74) is 1.54. The van der Waals surface area contributed by atoms with Gasteiger partial charge >= 0.3 is 6.11 Å². The number of halogens is 4. The molecule has 0 saturated carbocycles. The number of ether oxygens (including phenoxy) is 1. The third-order valence-electron chi connectivity index (χ3n) is 5.29. The third-order valence-corrected chi connectivity index (χ3v) is 5.29. The van der Waals surface area contributed by atoms with Crippen LogP contribution in [0.15, 0.2) is 85.5 Å². The lowest BCUT2D eigenvalue weighted by Gasteiger charge is -2.19. The molecule has 0 amide bonds. The Kier molecular flexibility index (Phi) is 8.10. The maximum absolute atomic E-state index is 14.7. The first-order chi connectivity index (χ1) is 15.8. The maximum atomic E-state index is 14.7. The molecule has 5 heteroatoms. The van der Waals surface area contributed by atoms with Gasteiger partial charge in [0.15, 0.2) is 0 Å². The molecule has 1 nitrogen and oxygen atoms in total. The van der Waals surface area contributed by atoms with Crippen LogP contribution in [0.4, 0.5) is 17.6 Å². The van der Waals surface area contributed by atoms with Crippen LogP contribution in [0.2, 0.25) is 0 Å². The molecule has 0 unspecified atom stereocenters. The second-order valence-corrected chi connectivity index (χ2v) is 7.70. The van der Waals surface area contributed by atoms with Gasteiger partial charge in [0, 0.05) is 11.6 Å². The van der Waals surface area contributed by atoms with Crippen LogP contribution in [-0.2, 0) is 19.0 Å². The Hall–Kier alpha value is -3.34. The van der Waals surface area contributed by atoms with Crippen molar-refractivity contribution >= 4 is 0 Å². The Balaban J connectivity index is 1.74. The molecule has 0 aromatic heterocycles. The second-order valence-electron chi connectivity index (χ2n) is 7.70. The van der Waals surface area contributed by atoms with E-state index in [-0.39, 0.29) is 16.9 Å². The third kappa shape index (κ3) is 6.35. The zero-order valence-corrected chi connectivity index (χ0v) is 18.5. The summed E-state index contributed by atoms with van der Waals surface area (Å²) in [6.45, 7) is 5.54. The number of hydrogen-bond acceptors (Lipinski definition) is 1. The van der Waals surface area contributed by atoms with Gasteiger partial charge in [-0.2, -0.15) is 8.78 Å². The van der Waals surface area contributed by atoms with Gasteiger partial charge in [-0.05, 0) is 79.6 Å². The summed E-state index contributed by atoms with van der Waals surface area (Å²) in [5.74, 6) is -1.54. The minimum absolute atomic E-state index is 0.102. The van der Waals surface area contributed by atoms with E-state index in [4.69, 9.17) is 4.74 Å². The minimum Gasteiger partial charge on any atom is -0.429 e. The summed E-state index contributed by atoms with van der Waals surface area (Å²) in [4.78, 5) is 0. The van der Waals surface area contributed by atoms with E-state index in [9.17, 15) is 17.6 Å². The average Bonchev–Trinajstić information content (AvgIpc) is 2.79. The van der Waals surface area contributed by atoms with Crippen molar-refractivity contribution in [1.29, 1.82) is 0 Å². The van der Waals surface area contributed by atoms with Gasteiger partial charge < -0.3 is 4.74 Å². The van der Waals surface area contributed by atoms with Crippen molar-refractivity contribution in [2.24, 2.45) is 0 Å². The minimum atomic E-state index is -3.63. The Labute approximate surface area is 192 Å². The number of aryl methyl sites for hydroxylation is 2. The molecular weight excluding hydrogens is 428 g/mol. The highest BCUT2D eigenvalue weighted by molar-refractivity contribution is 5.65. The van der Waals surface area contributed by atoms with Crippen LogP contribution in [0.3, 0.4) is 0 Å². The zero-order valence-electron chi connectivity index (χ0n) is 18.5. The smallest absolute Gasteiger partial charge is 0.426 e. The van der Waals surface area contributed by atoms with Crippen molar-refractivity contribution < 1.29 is 22.3 Å². The maximum Gasteiger partial charge on any atom is 0.426 e. The van der Waals surface area contributed by atoms with Crippen LogP contribution in [0.25, 0.3) is 11.1 Å². The zero-order chi connectivity index (χ0) is 23.8. The van der Waals surface area contributed by atoms with E-state index in [2.05, 4.69) is 6.58 Å². The highest BCUT2D eigenvalue weighted by Crippen LogP contribution is 2.34. The monoisotopic (exact) mass is 454 g/mol. The quantitative estimate of drug-likeness (QED) is 0.221. The lowest BCUT2D eigenvalue weighted by molar-refractivity contribution is -0.185. The average molecular weight is 455 g/mol. The number of alkyl halides is 2. The molecule has 0 heterocycles. The Morgan fingerprint density at radius 2 is 1.64 bits per heavy atom. The van der Waals surface area contributed by atoms with Crippen molar-refractivity contribution in [3.8, 4) is 16.9 Å². The lowest BCUT2D eigenvalue weighted by Crippen LogP contribution is -2.22. The topological polar surface area (TPSA) is 9.23 Å². The van der Waals surface area contributed by atoms with Gasteiger partial charge in [-0.3, -0.25) is 0 Å². The Morgan fingerprint density at radius 1 is 0.879 bits per heavy atom. The largest absolute Gasteiger partial charge is 0.429 e. The summed E-state index contributed by atoms with van der Waals surface area (Å²) in [6.07, 6.45) is 4.72. The summed E-state index contributed by atoms with van der Waals surface area (Å²) >= 11 is 0. The highest BCUT2D eigenvalue weighted by atomic mass is 19.3. The van der Waals surface area contributed by atoms with Gasteiger partial charge in [-0.15, -0.1) is 6.58 Å². The van der Waals surface area contributed by atoms with Crippen molar-refractivity contribution in [2.75, 3.05) is 0 Å². The number of benzene rings is 3. The summed E-state index contributed by atoms with van der Waals surface area (Å²) < 4.78 is 63.1. The van der Waals surface area contributed by atoms with Gasteiger partial charge in [0.1, 0.15) is 17.4 Å². The van der Waals surface area contributed by atoms with Crippen LogP contribution in [0.5, 0.6) is 5.75 Å². The van der Waals surface area contributed by atoms with E-state index in [1.165, 1.54) is 30.3 Å². The predicted octanol–water partition coefficient (Wildman–Crippen LogP) is 8.39. The second kappa shape index (κ2) is 11.0. The molecule has 3 rings (SSSR count). The summed E-state index contributed by atoms with van der Waals surface area (Å²) in [5, 5.41) is 0. The standard InChI is InChI=1S/C28H26F4O/c1-3-5-7-8-20-10-14-23(15-11-20)28(31,32)33-24-16-17-25(27(30)19-24)22-13-12-21(9-6-4-2)26(29)18-22/h3-5,10-19H,2,6-9H2,1H3/b5-3+. The van der Waals surface area contributed by atoms with E-state index >= 15 is 0 Å². The molecule has 0 fully saturated rings. The fraction of sp³-hybridized carbons (Fsp3) is 0.214. The summed E-state index contributed by atoms with van der Waals surface area (Å²) in [7, 11) is 0. The molecule has 3 aromatic carbocycles. The predicted molar refractivity (Wildman–Crippen MR) is 124 cm³/mol. The number of allylic oxidation sites excluding steroid dienone is 3. The van der Waals surface area contributed by atoms with Crippen LogP contribution < -0.4 is 4.74 Å². The molecule has 0 spiro atoms. The van der Waals surface area contributed by atoms with E-state index < -0.39 is 17.7 Å². The van der Waals surface area contributed by atoms with Crippen molar-refractivity contribution in [3.63, 3.8) is 0 Å². The van der Waals surface area contributed by atoms with Crippen LogP contribution in [-0.4, -0.2) is 0 Å². The van der Waals surface area contributed by atoms with E-state index in [0.717, 1.165) is 24.5 Å². The fourth-order valence-corrected chi connectivity index (χ4v) is 3.46. The van der Waals surface area contributed by atoms with Crippen LogP contribution >= 0.6 is 0 Å². The molecule has 0 N–H and O–H groups in total. The summed E-state index contributed by atoms with van der Waals surface area (Å²) in [6, 6.07) is 13.8. The van der Waals surface area contributed by atoms with E-state index in [1.807, 2.05) is 19.1 Å². The Bertz CT molecular complexity index is 1120. The first-order valence-corrected chi connectivity index (χ1v) is 10.8. The molecule has 0 aliphatic rings. The first-order valence-electron chi connectivity index (χ1n) is 10.8. The molecule has 0 atom stereocenters. The van der Waals surface area contributed by atoms with Crippen molar-refractivity contribution in [2.45, 2.75) is 38.7 Å². The number of hydrogen-bond donors (Lipinski definition) is 0. The SMILES string of the molecule is C=CCCc1ccc(-c2ccc(OC(F)(F)c3ccc(CC/C=C/C)cc3)cc2F)cc1F. The molecule has 0 bridgehead atoms. The van der Waals surface area contributed by atoms with Gasteiger partial charge in [0.25, 0.3) is 0 Å². The Morgan fingerprint density at radius 3 is 2.27 bits per heavy atom. The van der Waals surface area contributed by atoms with Crippen molar-refractivity contribution in [3.05, 3.63) is 114 Å².